The molecule has 0 saturated heterocycles. The highest BCUT2D eigenvalue weighted by atomic mass is 15.1. The Morgan fingerprint density at radius 2 is 2.17 bits per heavy atom. The van der Waals surface area contributed by atoms with E-state index in [9.17, 15) is 0 Å². The van der Waals surface area contributed by atoms with Crippen molar-refractivity contribution in [3.63, 3.8) is 0 Å². The van der Waals surface area contributed by atoms with Crippen molar-refractivity contribution >= 4 is 11.4 Å². The molecule has 0 saturated carbocycles. The molecule has 0 bridgehead atoms. The Morgan fingerprint density at radius 3 is 2.92 bits per heavy atom. The topological polar surface area (TPSA) is 29.3 Å². The molecule has 1 aromatic rings. The minimum atomic E-state index is 0.890. The van der Waals surface area contributed by atoms with Gasteiger partial charge in [0.25, 0.3) is 0 Å². The summed E-state index contributed by atoms with van der Waals surface area (Å²) in [5.41, 5.74) is 10.7. The number of hydrogen-bond acceptors (Lipinski definition) is 2. The smallest absolute Gasteiger partial charge is 0.0428 e. The molecule has 1 aromatic carbocycles. The van der Waals surface area contributed by atoms with Crippen molar-refractivity contribution in [2.75, 3.05) is 24.2 Å². The second-order valence-electron chi connectivity index (χ2n) is 3.52. The zero-order valence-corrected chi connectivity index (χ0v) is 7.59. The lowest BCUT2D eigenvalue weighted by atomic mass is 10.1. The van der Waals surface area contributed by atoms with Crippen LogP contribution >= 0.6 is 0 Å². The van der Waals surface area contributed by atoms with Gasteiger partial charge in [-0.25, -0.2) is 0 Å². The number of nitrogen functional groups attached to an aromatic ring is 1. The van der Waals surface area contributed by atoms with Crippen molar-refractivity contribution in [2.24, 2.45) is 0 Å². The standard InChI is InChI=1S/C10H14N2/c1-7-5-9(11)6-8-3-4-12(2)10(7)8/h5-6H,3-4,11H2,1-2H3. The van der Waals surface area contributed by atoms with Crippen LogP contribution in [0.3, 0.4) is 0 Å². The number of benzene rings is 1. The maximum atomic E-state index is 5.76. The van der Waals surface area contributed by atoms with Crippen molar-refractivity contribution in [2.45, 2.75) is 13.3 Å². The van der Waals surface area contributed by atoms with Crippen molar-refractivity contribution < 1.29 is 0 Å². The maximum Gasteiger partial charge on any atom is 0.0428 e. The van der Waals surface area contributed by atoms with E-state index >= 15 is 0 Å². The van der Waals surface area contributed by atoms with Crippen molar-refractivity contribution in [3.8, 4) is 0 Å². The zero-order chi connectivity index (χ0) is 8.72. The summed E-state index contributed by atoms with van der Waals surface area (Å²) in [5, 5.41) is 0. The van der Waals surface area contributed by atoms with Gasteiger partial charge in [0.05, 0.1) is 0 Å². The number of rotatable bonds is 0. The first-order valence-electron chi connectivity index (χ1n) is 4.28. The molecule has 0 spiro atoms. The summed E-state index contributed by atoms with van der Waals surface area (Å²) in [6, 6.07) is 4.13. The number of aryl methyl sites for hydroxylation is 1. The number of nitrogens with zero attached hydrogens (tertiary/aromatic N) is 1. The summed E-state index contributed by atoms with van der Waals surface area (Å²) < 4.78 is 0. The molecular formula is C10H14N2. The van der Waals surface area contributed by atoms with E-state index in [-0.39, 0.29) is 0 Å². The van der Waals surface area contributed by atoms with Gasteiger partial charge in [0.15, 0.2) is 0 Å². The fourth-order valence-corrected chi connectivity index (χ4v) is 2.02. The second kappa shape index (κ2) is 2.41. The van der Waals surface area contributed by atoms with Crippen LogP contribution in [0, 0.1) is 6.92 Å². The van der Waals surface area contributed by atoms with Crippen molar-refractivity contribution in [3.05, 3.63) is 23.3 Å². The van der Waals surface area contributed by atoms with Gasteiger partial charge in [0, 0.05) is 25.0 Å². The lowest BCUT2D eigenvalue weighted by Crippen LogP contribution is -2.13. The van der Waals surface area contributed by atoms with Crippen LogP contribution in [0.1, 0.15) is 11.1 Å². The molecule has 2 heteroatoms. The van der Waals surface area contributed by atoms with Crippen LogP contribution in [-0.2, 0) is 6.42 Å². The molecule has 0 unspecified atom stereocenters. The van der Waals surface area contributed by atoms with E-state index in [1.54, 1.807) is 0 Å². The molecule has 12 heavy (non-hydrogen) atoms. The normalized spacial score (nSPS) is 15.0. The quantitative estimate of drug-likeness (QED) is 0.587. The molecule has 64 valence electrons. The molecule has 1 heterocycles. The molecule has 0 amide bonds. The van der Waals surface area contributed by atoms with Gasteiger partial charge >= 0.3 is 0 Å². The predicted octanol–water partition coefficient (Wildman–Crippen LogP) is 1.57. The summed E-state index contributed by atoms with van der Waals surface area (Å²) in [6.45, 7) is 3.25. The second-order valence-corrected chi connectivity index (χ2v) is 3.52. The van der Waals surface area contributed by atoms with Gasteiger partial charge in [-0.05, 0) is 36.6 Å². The summed E-state index contributed by atoms with van der Waals surface area (Å²) >= 11 is 0. The van der Waals surface area contributed by atoms with E-state index in [0.29, 0.717) is 0 Å². The molecule has 2 rings (SSSR count). The van der Waals surface area contributed by atoms with Crippen LogP contribution in [0.15, 0.2) is 12.1 Å². The van der Waals surface area contributed by atoms with Crippen LogP contribution in [-0.4, -0.2) is 13.6 Å². The lowest BCUT2D eigenvalue weighted by molar-refractivity contribution is 0.954. The summed E-state index contributed by atoms with van der Waals surface area (Å²) in [7, 11) is 2.13. The van der Waals surface area contributed by atoms with Gasteiger partial charge in [-0.1, -0.05) is 0 Å². The highest BCUT2D eigenvalue weighted by Crippen LogP contribution is 2.31. The Labute approximate surface area is 73.0 Å². The number of hydrogen-bond donors (Lipinski definition) is 1. The first-order chi connectivity index (χ1) is 5.68. The number of likely N-dealkylation sites (N-methyl/N-ethyl adjacent to an activating group) is 1. The predicted molar refractivity (Wildman–Crippen MR) is 52.6 cm³/mol. The van der Waals surface area contributed by atoms with Crippen LogP contribution in [0.4, 0.5) is 11.4 Å². The molecule has 2 nitrogen and oxygen atoms in total. The van der Waals surface area contributed by atoms with Gasteiger partial charge in [-0.2, -0.15) is 0 Å². The Morgan fingerprint density at radius 1 is 1.42 bits per heavy atom. The molecule has 0 fully saturated rings. The maximum absolute atomic E-state index is 5.76. The number of anilines is 2. The van der Waals surface area contributed by atoms with Gasteiger partial charge in [0.2, 0.25) is 0 Å². The molecule has 1 aliphatic rings. The molecular weight excluding hydrogens is 148 g/mol. The number of nitrogens with two attached hydrogens (primary N) is 1. The number of fused-ring (bicyclic) bond motifs is 1. The van der Waals surface area contributed by atoms with Crippen LogP contribution < -0.4 is 10.6 Å². The largest absolute Gasteiger partial charge is 0.399 e. The Bertz CT molecular complexity index is 318. The Balaban J connectivity index is 2.60. The third-order valence-corrected chi connectivity index (χ3v) is 2.50. The lowest BCUT2D eigenvalue weighted by Gasteiger charge is -2.14. The summed E-state index contributed by atoms with van der Waals surface area (Å²) in [5.74, 6) is 0. The molecule has 0 radical (unpaired) electrons. The summed E-state index contributed by atoms with van der Waals surface area (Å²) in [4.78, 5) is 2.30. The average Bonchev–Trinajstić information content (AvgIpc) is 2.31. The van der Waals surface area contributed by atoms with Crippen LogP contribution in [0.25, 0.3) is 0 Å². The minimum absolute atomic E-state index is 0.890. The van der Waals surface area contributed by atoms with Gasteiger partial charge in [-0.15, -0.1) is 0 Å². The molecule has 0 atom stereocenters. The van der Waals surface area contributed by atoms with E-state index in [1.165, 1.54) is 16.8 Å². The van der Waals surface area contributed by atoms with E-state index in [1.807, 2.05) is 6.07 Å². The van der Waals surface area contributed by atoms with Gasteiger partial charge in [0.1, 0.15) is 0 Å². The molecule has 2 N–H and O–H groups in total. The first-order valence-corrected chi connectivity index (χ1v) is 4.28. The monoisotopic (exact) mass is 162 g/mol. The van der Waals surface area contributed by atoms with E-state index < -0.39 is 0 Å². The average molecular weight is 162 g/mol. The zero-order valence-electron chi connectivity index (χ0n) is 7.59. The summed E-state index contributed by atoms with van der Waals surface area (Å²) in [6.07, 6.45) is 1.14. The highest BCUT2D eigenvalue weighted by Gasteiger charge is 2.17. The van der Waals surface area contributed by atoms with Crippen LogP contribution in [0.2, 0.25) is 0 Å². The van der Waals surface area contributed by atoms with E-state index in [2.05, 4.69) is 24.9 Å². The Hall–Kier alpha value is -1.18. The fraction of sp³-hybridized carbons (Fsp3) is 0.400. The fourth-order valence-electron chi connectivity index (χ4n) is 2.02. The van der Waals surface area contributed by atoms with Crippen molar-refractivity contribution in [1.82, 2.24) is 0 Å². The first kappa shape index (κ1) is 7.47. The third kappa shape index (κ3) is 0.951. The third-order valence-electron chi connectivity index (χ3n) is 2.50. The SMILES string of the molecule is Cc1cc(N)cc2c1N(C)CC2. The van der Waals surface area contributed by atoms with E-state index in [0.717, 1.165) is 18.7 Å². The Kier molecular flexibility index (Phi) is 1.50. The minimum Gasteiger partial charge on any atom is -0.399 e. The molecule has 1 aliphatic heterocycles. The highest BCUT2D eigenvalue weighted by molar-refractivity contribution is 5.67. The van der Waals surface area contributed by atoms with Crippen molar-refractivity contribution in [1.29, 1.82) is 0 Å². The van der Waals surface area contributed by atoms with Gasteiger partial charge < -0.3 is 10.6 Å². The van der Waals surface area contributed by atoms with Crippen LogP contribution in [0.5, 0.6) is 0 Å². The molecule has 0 aliphatic carbocycles. The molecule has 0 aromatic heterocycles. The van der Waals surface area contributed by atoms with E-state index in [4.69, 9.17) is 5.73 Å². The van der Waals surface area contributed by atoms with Gasteiger partial charge in [-0.3, -0.25) is 0 Å².